The number of hydrogen-bond acceptors (Lipinski definition) is 3. The molecular formula is C8H11N3. The van der Waals surface area contributed by atoms with Crippen molar-refractivity contribution in [3.05, 3.63) is 30.1 Å². The zero-order chi connectivity index (χ0) is 7.94. The zero-order valence-corrected chi connectivity index (χ0v) is 6.27. The Balaban J connectivity index is 2.39. The smallest absolute Gasteiger partial charge is 0.0299 e. The lowest BCUT2D eigenvalue weighted by atomic mass is 10.2. The Kier molecular flexibility index (Phi) is 3.12. The Hall–Kier alpha value is -1.38. The molecule has 0 aromatic carbocycles. The van der Waals surface area contributed by atoms with Gasteiger partial charge in [0.2, 0.25) is 0 Å². The minimum absolute atomic E-state index is 0.877. The van der Waals surface area contributed by atoms with Crippen molar-refractivity contribution in [2.75, 3.05) is 0 Å². The molecule has 2 N–H and O–H groups in total. The number of nitrogens with zero attached hydrogens (tertiary/aromatic N) is 2. The van der Waals surface area contributed by atoms with Crippen molar-refractivity contribution in [3.63, 3.8) is 0 Å². The van der Waals surface area contributed by atoms with E-state index in [9.17, 15) is 0 Å². The third-order valence-electron chi connectivity index (χ3n) is 1.39. The summed E-state index contributed by atoms with van der Waals surface area (Å²) in [5, 5.41) is 3.41. The standard InChI is InChI=1S/C8H11N3/c9-11-6-2-4-8-3-1-5-10-7-8/h1,3,5-7H,2,4,9H2/b11-6+. The first-order valence-electron chi connectivity index (χ1n) is 3.54. The maximum absolute atomic E-state index is 4.95. The molecule has 0 aliphatic rings. The number of hydrazone groups is 1. The zero-order valence-electron chi connectivity index (χ0n) is 6.27. The molecule has 1 heterocycles. The van der Waals surface area contributed by atoms with Crippen LogP contribution in [0.15, 0.2) is 29.6 Å². The van der Waals surface area contributed by atoms with Crippen LogP contribution in [-0.2, 0) is 6.42 Å². The fraction of sp³-hybridized carbons (Fsp3) is 0.250. The predicted molar refractivity (Wildman–Crippen MR) is 45.2 cm³/mol. The third kappa shape index (κ3) is 2.80. The molecule has 0 saturated carbocycles. The van der Waals surface area contributed by atoms with E-state index in [1.807, 2.05) is 18.3 Å². The normalized spacial score (nSPS) is 10.5. The minimum Gasteiger partial charge on any atom is -0.324 e. The molecule has 3 heteroatoms. The van der Waals surface area contributed by atoms with Crippen LogP contribution in [0.2, 0.25) is 0 Å². The average molecular weight is 149 g/mol. The summed E-state index contributed by atoms with van der Waals surface area (Å²) in [6, 6.07) is 3.96. The molecule has 0 saturated heterocycles. The fourth-order valence-corrected chi connectivity index (χ4v) is 0.852. The van der Waals surface area contributed by atoms with Gasteiger partial charge in [0.05, 0.1) is 0 Å². The van der Waals surface area contributed by atoms with Crippen molar-refractivity contribution in [2.45, 2.75) is 12.8 Å². The first kappa shape index (κ1) is 7.72. The predicted octanol–water partition coefficient (Wildman–Crippen LogP) is 0.959. The largest absolute Gasteiger partial charge is 0.324 e. The average Bonchev–Trinajstić information content (AvgIpc) is 2.07. The van der Waals surface area contributed by atoms with Crippen molar-refractivity contribution < 1.29 is 0 Å². The Bertz CT molecular complexity index is 218. The van der Waals surface area contributed by atoms with Crippen molar-refractivity contribution in [1.29, 1.82) is 0 Å². The summed E-state index contributed by atoms with van der Waals surface area (Å²) < 4.78 is 0. The van der Waals surface area contributed by atoms with Gasteiger partial charge in [-0.1, -0.05) is 6.07 Å². The highest BCUT2D eigenvalue weighted by Gasteiger charge is 1.88. The van der Waals surface area contributed by atoms with E-state index >= 15 is 0 Å². The van der Waals surface area contributed by atoms with Crippen molar-refractivity contribution in [3.8, 4) is 0 Å². The van der Waals surface area contributed by atoms with E-state index < -0.39 is 0 Å². The number of hydrogen-bond donors (Lipinski definition) is 1. The molecule has 3 nitrogen and oxygen atoms in total. The molecule has 1 aromatic heterocycles. The number of aryl methyl sites for hydroxylation is 1. The van der Waals surface area contributed by atoms with Gasteiger partial charge in [-0.15, -0.1) is 0 Å². The molecule has 1 aromatic rings. The second-order valence-corrected chi connectivity index (χ2v) is 2.23. The van der Waals surface area contributed by atoms with E-state index in [1.54, 1.807) is 12.4 Å². The SMILES string of the molecule is N/N=C/CCc1cccnc1. The monoisotopic (exact) mass is 149 g/mol. The van der Waals surface area contributed by atoms with E-state index in [4.69, 9.17) is 5.84 Å². The molecule has 0 amide bonds. The van der Waals surface area contributed by atoms with Gasteiger partial charge in [0.1, 0.15) is 0 Å². The molecule has 0 aliphatic heterocycles. The molecule has 0 unspecified atom stereocenters. The maximum atomic E-state index is 4.95. The van der Waals surface area contributed by atoms with Crippen LogP contribution < -0.4 is 5.84 Å². The van der Waals surface area contributed by atoms with Gasteiger partial charge in [-0.05, 0) is 24.5 Å². The molecule has 0 spiro atoms. The summed E-state index contributed by atoms with van der Waals surface area (Å²) in [6.07, 6.45) is 7.15. The summed E-state index contributed by atoms with van der Waals surface area (Å²) in [5.74, 6) is 4.95. The molecule has 11 heavy (non-hydrogen) atoms. The van der Waals surface area contributed by atoms with Crippen LogP contribution in [0.4, 0.5) is 0 Å². The highest BCUT2D eigenvalue weighted by molar-refractivity contribution is 5.56. The van der Waals surface area contributed by atoms with Gasteiger partial charge in [0, 0.05) is 18.6 Å². The number of pyridine rings is 1. The second kappa shape index (κ2) is 4.44. The van der Waals surface area contributed by atoms with Crippen molar-refractivity contribution in [2.24, 2.45) is 10.9 Å². The molecule has 58 valence electrons. The molecule has 0 radical (unpaired) electrons. The molecule has 0 fully saturated rings. The van der Waals surface area contributed by atoms with Gasteiger partial charge in [0.25, 0.3) is 0 Å². The third-order valence-corrected chi connectivity index (χ3v) is 1.39. The minimum atomic E-state index is 0.877. The van der Waals surface area contributed by atoms with Gasteiger partial charge in [-0.25, -0.2) is 0 Å². The molecule has 0 atom stereocenters. The van der Waals surface area contributed by atoms with Crippen LogP contribution >= 0.6 is 0 Å². The van der Waals surface area contributed by atoms with E-state index in [0.717, 1.165) is 12.8 Å². The Morgan fingerprint density at radius 3 is 3.18 bits per heavy atom. The fourth-order valence-electron chi connectivity index (χ4n) is 0.852. The quantitative estimate of drug-likeness (QED) is 0.395. The second-order valence-electron chi connectivity index (χ2n) is 2.23. The van der Waals surface area contributed by atoms with Gasteiger partial charge in [-0.3, -0.25) is 4.98 Å². The lowest BCUT2D eigenvalue weighted by Gasteiger charge is -1.93. The topological polar surface area (TPSA) is 51.3 Å². The highest BCUT2D eigenvalue weighted by Crippen LogP contribution is 1.97. The Morgan fingerprint density at radius 2 is 2.55 bits per heavy atom. The molecule has 1 rings (SSSR count). The van der Waals surface area contributed by atoms with Gasteiger partial charge >= 0.3 is 0 Å². The van der Waals surface area contributed by atoms with E-state index in [0.29, 0.717) is 0 Å². The Morgan fingerprint density at radius 1 is 1.64 bits per heavy atom. The Labute approximate surface area is 66.0 Å². The van der Waals surface area contributed by atoms with E-state index in [-0.39, 0.29) is 0 Å². The lowest BCUT2D eigenvalue weighted by molar-refractivity contribution is 1.03. The number of rotatable bonds is 3. The lowest BCUT2D eigenvalue weighted by Crippen LogP contribution is -1.88. The number of aromatic nitrogens is 1. The summed E-state index contributed by atoms with van der Waals surface area (Å²) >= 11 is 0. The van der Waals surface area contributed by atoms with Crippen LogP contribution in [0.1, 0.15) is 12.0 Å². The van der Waals surface area contributed by atoms with Crippen LogP contribution in [0, 0.1) is 0 Å². The van der Waals surface area contributed by atoms with Crippen molar-refractivity contribution in [1.82, 2.24) is 4.98 Å². The van der Waals surface area contributed by atoms with Crippen LogP contribution in [0.25, 0.3) is 0 Å². The van der Waals surface area contributed by atoms with Gasteiger partial charge in [-0.2, -0.15) is 5.10 Å². The maximum Gasteiger partial charge on any atom is 0.0299 e. The summed E-state index contributed by atoms with van der Waals surface area (Å²) in [7, 11) is 0. The van der Waals surface area contributed by atoms with Gasteiger partial charge < -0.3 is 5.84 Å². The summed E-state index contributed by atoms with van der Waals surface area (Å²) in [4.78, 5) is 3.99. The van der Waals surface area contributed by atoms with Crippen molar-refractivity contribution >= 4 is 6.21 Å². The van der Waals surface area contributed by atoms with Crippen LogP contribution in [0.5, 0.6) is 0 Å². The van der Waals surface area contributed by atoms with Gasteiger partial charge in [0.15, 0.2) is 0 Å². The first-order chi connectivity index (χ1) is 5.43. The molecule has 0 bridgehead atoms. The molecule has 0 aliphatic carbocycles. The van der Waals surface area contributed by atoms with E-state index in [1.165, 1.54) is 5.56 Å². The highest BCUT2D eigenvalue weighted by atomic mass is 15.1. The number of nitrogens with two attached hydrogens (primary N) is 1. The van der Waals surface area contributed by atoms with E-state index in [2.05, 4.69) is 10.1 Å². The molecular weight excluding hydrogens is 138 g/mol. The van der Waals surface area contributed by atoms with Crippen LogP contribution in [0.3, 0.4) is 0 Å². The summed E-state index contributed by atoms with van der Waals surface area (Å²) in [5.41, 5.74) is 1.22. The van der Waals surface area contributed by atoms with Crippen LogP contribution in [-0.4, -0.2) is 11.2 Å². The first-order valence-corrected chi connectivity index (χ1v) is 3.54. The summed E-state index contributed by atoms with van der Waals surface area (Å²) in [6.45, 7) is 0.